The molecule has 0 unspecified atom stereocenters. The molecule has 218 valence electrons. The summed E-state index contributed by atoms with van der Waals surface area (Å²) >= 11 is 12.7. The Bertz CT molecular complexity index is 1630. The number of rotatable bonds is 11. The number of likely N-dealkylation sites (N-methyl/N-ethyl adjacent to an activating group) is 2. The topological polar surface area (TPSA) is 122 Å². The molecule has 0 bridgehead atoms. The highest BCUT2D eigenvalue weighted by Gasteiger charge is 2.22. The second-order valence-electron chi connectivity index (χ2n) is 9.86. The van der Waals surface area contributed by atoms with Gasteiger partial charge in [-0.25, -0.2) is 5.10 Å². The molecule has 0 saturated heterocycles. The molecule has 4 aromatic rings. The van der Waals surface area contributed by atoms with Crippen LogP contribution in [0, 0.1) is 6.57 Å². The van der Waals surface area contributed by atoms with Gasteiger partial charge in [-0.05, 0) is 54.9 Å². The minimum Gasteiger partial charge on any atom is -0.394 e. The summed E-state index contributed by atoms with van der Waals surface area (Å²) in [6.45, 7) is 10.6. The number of amides is 2. The first-order chi connectivity index (χ1) is 20.1. The molecule has 0 radical (unpaired) electrons. The van der Waals surface area contributed by atoms with Gasteiger partial charge in [-0.2, -0.15) is 0 Å². The van der Waals surface area contributed by atoms with E-state index < -0.39 is 11.9 Å². The van der Waals surface area contributed by atoms with Crippen LogP contribution in [0.4, 0.5) is 5.82 Å². The molecule has 0 fully saturated rings. The van der Waals surface area contributed by atoms with Gasteiger partial charge in [0.05, 0.1) is 19.2 Å². The summed E-state index contributed by atoms with van der Waals surface area (Å²) in [7, 11) is 3.62. The third-order valence-electron chi connectivity index (χ3n) is 6.89. The fourth-order valence-corrected chi connectivity index (χ4v) is 4.90. The number of aromatic amines is 2. The van der Waals surface area contributed by atoms with E-state index >= 15 is 0 Å². The van der Waals surface area contributed by atoms with E-state index in [0.717, 1.165) is 5.56 Å². The van der Waals surface area contributed by atoms with Crippen LogP contribution in [-0.4, -0.2) is 75.7 Å². The average Bonchev–Trinajstić information content (AvgIpc) is 3.64. The van der Waals surface area contributed by atoms with E-state index in [1.54, 1.807) is 54.5 Å². The normalized spacial score (nSPS) is 11.8. The van der Waals surface area contributed by atoms with Crippen molar-refractivity contribution >= 4 is 40.8 Å². The van der Waals surface area contributed by atoms with Crippen LogP contribution in [0.25, 0.3) is 27.2 Å². The maximum Gasteiger partial charge on any atom is 0.268 e. The second-order valence-corrected chi connectivity index (χ2v) is 10.7. The molecule has 4 rings (SSSR count). The molecule has 2 aromatic carbocycles. The average molecular weight is 609 g/mol. The number of nitrogens with zero attached hydrogens (tertiary/aromatic N) is 4. The lowest BCUT2D eigenvalue weighted by molar-refractivity contribution is -0.130. The first-order valence-electron chi connectivity index (χ1n) is 13.2. The predicted molar refractivity (Wildman–Crippen MR) is 163 cm³/mol. The van der Waals surface area contributed by atoms with Crippen molar-refractivity contribution in [3.63, 3.8) is 0 Å². The molecule has 12 heteroatoms. The van der Waals surface area contributed by atoms with Crippen molar-refractivity contribution in [3.8, 4) is 22.4 Å². The summed E-state index contributed by atoms with van der Waals surface area (Å²) in [4.78, 5) is 35.4. The van der Waals surface area contributed by atoms with Crippen LogP contribution < -0.4 is 5.32 Å². The van der Waals surface area contributed by atoms with Crippen molar-refractivity contribution in [2.24, 2.45) is 0 Å². The number of hydrogen-bond donors (Lipinski definition) is 4. The third kappa shape index (κ3) is 7.01. The molecule has 2 amide bonds. The van der Waals surface area contributed by atoms with E-state index in [4.69, 9.17) is 29.8 Å². The number of hydrogen-bond acceptors (Lipinski definition) is 5. The van der Waals surface area contributed by atoms with Gasteiger partial charge in [0, 0.05) is 47.5 Å². The number of H-pyrrole nitrogens is 2. The number of carbonyl (C=O) groups excluding carboxylic acids is 2. The molecule has 0 saturated carbocycles. The SMILES string of the molecule is [C-]#[N+]c1[nH]nc(-c2c[nH]c(C(=O)N[C@H](CO)c3cccc(Cl)c3)c2)c1-c1ccc(CN(C)CC(=O)N(C)CC)c(Cl)c1. The Kier molecular flexibility index (Phi) is 10.0. The van der Waals surface area contributed by atoms with Gasteiger partial charge < -0.3 is 25.2 Å². The van der Waals surface area contributed by atoms with Gasteiger partial charge >= 0.3 is 0 Å². The van der Waals surface area contributed by atoms with E-state index in [2.05, 4.69) is 25.3 Å². The third-order valence-corrected chi connectivity index (χ3v) is 7.47. The zero-order valence-electron chi connectivity index (χ0n) is 23.4. The molecular formula is C30H31Cl2N7O3. The van der Waals surface area contributed by atoms with Crippen LogP contribution in [0.15, 0.2) is 54.7 Å². The zero-order chi connectivity index (χ0) is 30.4. The van der Waals surface area contributed by atoms with Gasteiger partial charge in [0.2, 0.25) is 5.91 Å². The van der Waals surface area contributed by atoms with Gasteiger partial charge in [0.15, 0.2) is 0 Å². The van der Waals surface area contributed by atoms with Crippen LogP contribution in [-0.2, 0) is 11.3 Å². The van der Waals surface area contributed by atoms with Crippen LogP contribution >= 0.6 is 23.2 Å². The van der Waals surface area contributed by atoms with Crippen molar-refractivity contribution in [2.75, 3.05) is 33.8 Å². The Morgan fingerprint density at radius 1 is 1.14 bits per heavy atom. The molecule has 0 aliphatic rings. The van der Waals surface area contributed by atoms with E-state index in [1.807, 2.05) is 31.0 Å². The molecule has 0 spiro atoms. The van der Waals surface area contributed by atoms with Gasteiger partial charge in [0.1, 0.15) is 11.4 Å². The molecule has 10 nitrogen and oxygen atoms in total. The molecule has 42 heavy (non-hydrogen) atoms. The molecular weight excluding hydrogens is 577 g/mol. The lowest BCUT2D eigenvalue weighted by Crippen LogP contribution is -2.36. The summed E-state index contributed by atoms with van der Waals surface area (Å²) in [5.41, 5.74) is 4.04. The highest BCUT2D eigenvalue weighted by atomic mass is 35.5. The molecule has 1 atom stereocenters. The molecule has 0 aliphatic heterocycles. The van der Waals surface area contributed by atoms with Crippen molar-refractivity contribution in [3.05, 3.63) is 93.0 Å². The van der Waals surface area contributed by atoms with Crippen molar-refractivity contribution in [1.82, 2.24) is 30.3 Å². The number of halogens is 2. The Hall–Kier alpha value is -4.14. The fourth-order valence-electron chi connectivity index (χ4n) is 4.46. The van der Waals surface area contributed by atoms with Crippen LogP contribution in [0.1, 0.15) is 34.6 Å². The number of aliphatic hydroxyl groups is 1. The number of carbonyl (C=O) groups is 2. The Morgan fingerprint density at radius 3 is 2.60 bits per heavy atom. The fraction of sp³-hybridized carbons (Fsp3) is 0.267. The molecule has 2 heterocycles. The quantitative estimate of drug-likeness (QED) is 0.172. The summed E-state index contributed by atoms with van der Waals surface area (Å²) in [6, 6.07) is 13.4. The van der Waals surface area contributed by atoms with Gasteiger partial charge in [0.25, 0.3) is 11.7 Å². The second kappa shape index (κ2) is 13.7. The van der Waals surface area contributed by atoms with E-state index in [0.29, 0.717) is 51.1 Å². The van der Waals surface area contributed by atoms with Gasteiger partial charge in [-0.1, -0.05) is 54.0 Å². The van der Waals surface area contributed by atoms with E-state index in [1.165, 1.54) is 0 Å². The highest BCUT2D eigenvalue weighted by molar-refractivity contribution is 6.31. The maximum absolute atomic E-state index is 13.0. The minimum absolute atomic E-state index is 0.0216. The zero-order valence-corrected chi connectivity index (χ0v) is 24.9. The first kappa shape index (κ1) is 30.8. The lowest BCUT2D eigenvalue weighted by atomic mass is 10.0. The number of aliphatic hydroxyl groups excluding tert-OH is 1. The monoisotopic (exact) mass is 607 g/mol. The first-order valence-corrected chi connectivity index (χ1v) is 13.9. The lowest BCUT2D eigenvalue weighted by Gasteiger charge is -2.21. The van der Waals surface area contributed by atoms with E-state index in [9.17, 15) is 14.7 Å². The van der Waals surface area contributed by atoms with Gasteiger partial charge in [-0.3, -0.25) is 14.5 Å². The molecule has 4 N–H and O–H groups in total. The summed E-state index contributed by atoms with van der Waals surface area (Å²) in [5.74, 6) is -0.177. The maximum atomic E-state index is 13.0. The highest BCUT2D eigenvalue weighted by Crippen LogP contribution is 2.39. The van der Waals surface area contributed by atoms with Gasteiger partial charge in [-0.15, -0.1) is 5.10 Å². The minimum atomic E-state index is -0.650. The van der Waals surface area contributed by atoms with Crippen LogP contribution in [0.3, 0.4) is 0 Å². The Morgan fingerprint density at radius 2 is 1.93 bits per heavy atom. The predicted octanol–water partition coefficient (Wildman–Crippen LogP) is 5.30. The number of aromatic nitrogens is 3. The summed E-state index contributed by atoms with van der Waals surface area (Å²) in [5, 5.41) is 20.8. The molecule has 0 aliphatic carbocycles. The summed E-state index contributed by atoms with van der Waals surface area (Å²) < 4.78 is 0. The Labute approximate surface area is 254 Å². The number of nitrogens with one attached hydrogen (secondary N) is 3. The smallest absolute Gasteiger partial charge is 0.268 e. The van der Waals surface area contributed by atoms with Crippen LogP contribution in [0.5, 0.6) is 0 Å². The largest absolute Gasteiger partial charge is 0.394 e. The van der Waals surface area contributed by atoms with Crippen molar-refractivity contribution in [2.45, 2.75) is 19.5 Å². The van der Waals surface area contributed by atoms with Crippen molar-refractivity contribution < 1.29 is 14.7 Å². The van der Waals surface area contributed by atoms with Crippen molar-refractivity contribution in [1.29, 1.82) is 0 Å². The van der Waals surface area contributed by atoms with E-state index in [-0.39, 0.29) is 30.6 Å². The number of benzene rings is 2. The Balaban J connectivity index is 1.55. The van der Waals surface area contributed by atoms with Crippen LogP contribution in [0.2, 0.25) is 10.0 Å². The molecule has 2 aromatic heterocycles. The standard InChI is InChI=1S/C30H31Cl2N7O3/c1-5-39(4)26(41)16-38(3)15-20-10-9-19(12-23(20)32)27-28(36-37-29(27)33-2)21-13-24(34-14-21)30(42)35-25(17-40)18-7-6-8-22(31)11-18/h6-14,25,34,40H,5,15-17H2,1,3-4H3,(H,35,42)(H,36,37)/t25-/m1/s1. The summed E-state index contributed by atoms with van der Waals surface area (Å²) in [6.07, 6.45) is 1.63.